The van der Waals surface area contributed by atoms with Crippen molar-refractivity contribution in [1.29, 1.82) is 0 Å². The zero-order chi connectivity index (χ0) is 22.9. The van der Waals surface area contributed by atoms with Crippen LogP contribution in [0.3, 0.4) is 0 Å². The fourth-order valence-electron chi connectivity index (χ4n) is 3.30. The third kappa shape index (κ3) is 6.12. The predicted molar refractivity (Wildman–Crippen MR) is 121 cm³/mol. The van der Waals surface area contributed by atoms with Crippen LogP contribution in [0.1, 0.15) is 31.8 Å². The molecule has 6 nitrogen and oxygen atoms in total. The van der Waals surface area contributed by atoms with Crippen molar-refractivity contribution in [2.75, 3.05) is 13.7 Å². The zero-order valence-electron chi connectivity index (χ0n) is 17.8. The molecule has 0 aromatic heterocycles. The highest BCUT2D eigenvalue weighted by Gasteiger charge is 2.22. The van der Waals surface area contributed by atoms with E-state index in [9.17, 15) is 14.4 Å². The second-order valence-electron chi connectivity index (χ2n) is 7.37. The van der Waals surface area contributed by atoms with E-state index in [0.29, 0.717) is 23.3 Å². The van der Waals surface area contributed by atoms with Crippen LogP contribution in [-0.4, -0.2) is 42.3 Å². The number of amides is 1. The van der Waals surface area contributed by atoms with Crippen LogP contribution in [0.15, 0.2) is 78.9 Å². The van der Waals surface area contributed by atoms with Crippen LogP contribution in [0.2, 0.25) is 0 Å². The van der Waals surface area contributed by atoms with E-state index in [-0.39, 0.29) is 23.9 Å². The fraction of sp³-hybridized carbons (Fsp3) is 0.192. The van der Waals surface area contributed by atoms with Gasteiger partial charge in [-0.1, -0.05) is 54.6 Å². The molecule has 3 aromatic carbocycles. The van der Waals surface area contributed by atoms with Crippen LogP contribution in [0.25, 0.3) is 0 Å². The molecule has 0 fully saturated rings. The van der Waals surface area contributed by atoms with Crippen molar-refractivity contribution in [2.45, 2.75) is 18.9 Å². The normalized spacial score (nSPS) is 11.4. The minimum Gasteiger partial charge on any atom is -0.497 e. The summed E-state index contributed by atoms with van der Waals surface area (Å²) in [6.45, 7) is -0.562. The number of hydrogen-bond donors (Lipinski definition) is 2. The molecule has 1 amide bonds. The monoisotopic (exact) mass is 431 g/mol. The van der Waals surface area contributed by atoms with Crippen molar-refractivity contribution < 1.29 is 24.2 Å². The number of Topliss-reactive ketones (excluding diaryl/α,β-unsaturated/α-hetero) is 2. The van der Waals surface area contributed by atoms with Gasteiger partial charge in [-0.2, -0.15) is 0 Å². The summed E-state index contributed by atoms with van der Waals surface area (Å²) in [5, 5.41) is 11.8. The summed E-state index contributed by atoms with van der Waals surface area (Å²) >= 11 is 0. The largest absolute Gasteiger partial charge is 0.497 e. The molecule has 0 aliphatic rings. The minimum atomic E-state index is -0.727. The SMILES string of the molecule is COc1ccc(C[C@H](NC(=O)c2ccccc2)C(=O)Cc2ccc(C(=O)CO)cc2)cc1. The number of rotatable bonds is 10. The molecule has 0 aliphatic heterocycles. The lowest BCUT2D eigenvalue weighted by atomic mass is 9.96. The maximum atomic E-state index is 13.1. The smallest absolute Gasteiger partial charge is 0.251 e. The highest BCUT2D eigenvalue weighted by Crippen LogP contribution is 2.15. The van der Waals surface area contributed by atoms with E-state index in [0.717, 1.165) is 11.1 Å². The van der Waals surface area contributed by atoms with Crippen LogP contribution < -0.4 is 10.1 Å². The number of aliphatic hydroxyl groups is 1. The summed E-state index contributed by atoms with van der Waals surface area (Å²) in [6, 6.07) is 21.9. The molecule has 3 aromatic rings. The summed E-state index contributed by atoms with van der Waals surface area (Å²) in [6.07, 6.45) is 0.436. The van der Waals surface area contributed by atoms with Gasteiger partial charge in [-0.3, -0.25) is 14.4 Å². The van der Waals surface area contributed by atoms with Crippen LogP contribution in [0.5, 0.6) is 5.75 Å². The van der Waals surface area contributed by atoms with Gasteiger partial charge in [0.1, 0.15) is 12.4 Å². The molecule has 0 radical (unpaired) electrons. The minimum absolute atomic E-state index is 0.101. The Hall–Kier alpha value is -3.77. The number of carbonyl (C=O) groups excluding carboxylic acids is 3. The number of methoxy groups -OCH3 is 1. The highest BCUT2D eigenvalue weighted by atomic mass is 16.5. The standard InChI is InChI=1S/C26H25NO5/c1-32-22-13-9-18(10-14-22)15-23(27-26(31)21-5-3-2-4-6-21)24(29)16-19-7-11-20(12-8-19)25(30)17-28/h2-14,23,28H,15-17H2,1H3,(H,27,31)/t23-/m0/s1. The van der Waals surface area contributed by atoms with E-state index in [1.54, 1.807) is 55.6 Å². The third-order valence-electron chi connectivity index (χ3n) is 5.13. The first kappa shape index (κ1) is 22.9. The molecule has 0 spiro atoms. The molecule has 0 bridgehead atoms. The lowest BCUT2D eigenvalue weighted by Gasteiger charge is -2.18. The quantitative estimate of drug-likeness (QED) is 0.482. The first-order valence-electron chi connectivity index (χ1n) is 10.2. The van der Waals surface area contributed by atoms with E-state index in [2.05, 4.69) is 5.32 Å². The Morgan fingerprint density at radius 1 is 0.844 bits per heavy atom. The molecular weight excluding hydrogens is 406 g/mol. The van der Waals surface area contributed by atoms with Gasteiger partial charge in [0.15, 0.2) is 11.6 Å². The molecule has 0 unspecified atom stereocenters. The summed E-state index contributed by atoms with van der Waals surface area (Å²) in [4.78, 5) is 37.4. The first-order chi connectivity index (χ1) is 15.5. The van der Waals surface area contributed by atoms with Crippen LogP contribution >= 0.6 is 0 Å². The van der Waals surface area contributed by atoms with Gasteiger partial charge < -0.3 is 15.2 Å². The predicted octanol–water partition coefficient (Wildman–Crippen LogP) is 3.02. The maximum Gasteiger partial charge on any atom is 0.251 e. The van der Waals surface area contributed by atoms with E-state index < -0.39 is 12.6 Å². The van der Waals surface area contributed by atoms with Crippen molar-refractivity contribution in [3.05, 3.63) is 101 Å². The van der Waals surface area contributed by atoms with Crippen molar-refractivity contribution in [3.63, 3.8) is 0 Å². The Kier molecular flexibility index (Phi) is 7.89. The maximum absolute atomic E-state index is 13.1. The molecule has 0 heterocycles. The molecule has 0 saturated carbocycles. The van der Waals surface area contributed by atoms with Crippen LogP contribution in [-0.2, 0) is 17.6 Å². The first-order valence-corrected chi connectivity index (χ1v) is 10.2. The van der Waals surface area contributed by atoms with Gasteiger partial charge in [0.25, 0.3) is 5.91 Å². The Labute approximate surface area is 186 Å². The van der Waals surface area contributed by atoms with E-state index >= 15 is 0 Å². The van der Waals surface area contributed by atoms with E-state index in [4.69, 9.17) is 9.84 Å². The summed E-state index contributed by atoms with van der Waals surface area (Å²) in [7, 11) is 1.58. The van der Waals surface area contributed by atoms with E-state index in [1.165, 1.54) is 0 Å². The molecule has 6 heteroatoms. The number of ketones is 2. The summed E-state index contributed by atoms with van der Waals surface area (Å²) in [5.41, 5.74) is 2.47. The summed E-state index contributed by atoms with van der Waals surface area (Å²) in [5.74, 6) is -0.134. The van der Waals surface area contributed by atoms with Crippen molar-refractivity contribution in [3.8, 4) is 5.75 Å². The van der Waals surface area contributed by atoms with Crippen molar-refractivity contribution >= 4 is 17.5 Å². The van der Waals surface area contributed by atoms with Gasteiger partial charge in [0.2, 0.25) is 0 Å². The second-order valence-corrected chi connectivity index (χ2v) is 7.37. The fourth-order valence-corrected chi connectivity index (χ4v) is 3.30. The highest BCUT2D eigenvalue weighted by molar-refractivity contribution is 5.99. The molecule has 2 N–H and O–H groups in total. The van der Waals surface area contributed by atoms with Gasteiger partial charge in [-0.05, 0) is 41.8 Å². The van der Waals surface area contributed by atoms with Crippen LogP contribution in [0.4, 0.5) is 0 Å². The molecule has 32 heavy (non-hydrogen) atoms. The Morgan fingerprint density at radius 3 is 2.06 bits per heavy atom. The van der Waals surface area contributed by atoms with Gasteiger partial charge in [0, 0.05) is 17.5 Å². The number of aliphatic hydroxyl groups excluding tert-OH is 1. The number of nitrogens with one attached hydrogen (secondary N) is 1. The molecule has 0 saturated heterocycles. The number of hydrogen-bond acceptors (Lipinski definition) is 5. The third-order valence-corrected chi connectivity index (χ3v) is 5.13. The molecular formula is C26H25NO5. The Bertz CT molecular complexity index is 1060. The van der Waals surface area contributed by atoms with Gasteiger partial charge in [-0.15, -0.1) is 0 Å². The van der Waals surface area contributed by atoms with Crippen LogP contribution in [0, 0.1) is 0 Å². The molecule has 3 rings (SSSR count). The zero-order valence-corrected chi connectivity index (χ0v) is 17.8. The summed E-state index contributed by atoms with van der Waals surface area (Å²) < 4.78 is 5.18. The molecule has 164 valence electrons. The lowest BCUT2D eigenvalue weighted by Crippen LogP contribution is -2.43. The molecule has 0 aliphatic carbocycles. The Balaban J connectivity index is 1.77. The number of carbonyl (C=O) groups is 3. The second kappa shape index (κ2) is 11.0. The average molecular weight is 431 g/mol. The number of benzene rings is 3. The average Bonchev–Trinajstić information content (AvgIpc) is 2.84. The van der Waals surface area contributed by atoms with Gasteiger partial charge in [-0.25, -0.2) is 0 Å². The van der Waals surface area contributed by atoms with E-state index in [1.807, 2.05) is 30.3 Å². The molecule has 1 atom stereocenters. The van der Waals surface area contributed by atoms with Crippen molar-refractivity contribution in [1.82, 2.24) is 5.32 Å². The van der Waals surface area contributed by atoms with Gasteiger partial charge in [0.05, 0.1) is 13.2 Å². The van der Waals surface area contributed by atoms with Crippen molar-refractivity contribution in [2.24, 2.45) is 0 Å². The Morgan fingerprint density at radius 2 is 1.47 bits per heavy atom. The number of ether oxygens (including phenoxy) is 1. The topological polar surface area (TPSA) is 92.7 Å². The lowest BCUT2D eigenvalue weighted by molar-refractivity contribution is -0.120. The van der Waals surface area contributed by atoms with Gasteiger partial charge >= 0.3 is 0 Å².